The third-order valence-corrected chi connectivity index (χ3v) is 6.17. The van der Waals surface area contributed by atoms with Gasteiger partial charge in [0.05, 0.1) is 12.7 Å². The average Bonchev–Trinajstić information content (AvgIpc) is 2.92. The van der Waals surface area contributed by atoms with E-state index < -0.39 is 0 Å². The highest BCUT2D eigenvalue weighted by Gasteiger charge is 2.33. The van der Waals surface area contributed by atoms with Gasteiger partial charge < -0.3 is 20.3 Å². The van der Waals surface area contributed by atoms with Gasteiger partial charge in [-0.3, -0.25) is 4.79 Å². The number of benzene rings is 1. The molecule has 24 heavy (non-hydrogen) atoms. The molecule has 2 N–H and O–H groups in total. The lowest BCUT2D eigenvalue weighted by molar-refractivity contribution is 0.0934. The topological polar surface area (TPSA) is 53.6 Å². The monoisotopic (exact) mass is 407 g/mol. The summed E-state index contributed by atoms with van der Waals surface area (Å²) in [7, 11) is 3.76. The van der Waals surface area contributed by atoms with Crippen LogP contribution in [0.25, 0.3) is 0 Å². The third kappa shape index (κ3) is 2.60. The molecule has 1 aromatic heterocycles. The van der Waals surface area contributed by atoms with E-state index in [4.69, 9.17) is 4.74 Å². The molecular formula is C17H18BrN3O2S. The summed E-state index contributed by atoms with van der Waals surface area (Å²) in [5.74, 6) is 0.748. The summed E-state index contributed by atoms with van der Waals surface area (Å²) in [5.41, 5.74) is 2.94. The molecule has 0 saturated carbocycles. The Morgan fingerprint density at radius 3 is 3.00 bits per heavy atom. The number of likely N-dealkylation sites (N-methyl/N-ethyl adjacent to an activating group) is 1. The molecular weight excluding hydrogens is 390 g/mol. The van der Waals surface area contributed by atoms with Crippen LogP contribution in [-0.2, 0) is 13.0 Å². The Labute approximate surface area is 153 Å². The van der Waals surface area contributed by atoms with Crippen molar-refractivity contribution in [3.05, 3.63) is 44.2 Å². The fourth-order valence-corrected chi connectivity index (χ4v) is 5.06. The summed E-state index contributed by atoms with van der Waals surface area (Å²) < 4.78 is 6.41. The molecule has 1 atom stereocenters. The first-order valence-corrected chi connectivity index (χ1v) is 9.41. The van der Waals surface area contributed by atoms with Crippen LogP contribution in [0.5, 0.6) is 5.75 Å². The van der Waals surface area contributed by atoms with E-state index in [2.05, 4.69) is 38.5 Å². The molecule has 0 saturated heterocycles. The van der Waals surface area contributed by atoms with Gasteiger partial charge >= 0.3 is 0 Å². The number of anilines is 1. The van der Waals surface area contributed by atoms with Gasteiger partial charge in [-0.05, 0) is 37.2 Å². The number of hydrogen-bond donors (Lipinski definition) is 2. The molecule has 4 rings (SSSR count). The number of hydrogen-bond acceptors (Lipinski definition) is 5. The minimum Gasteiger partial charge on any atom is -0.496 e. The summed E-state index contributed by atoms with van der Waals surface area (Å²) in [5, 5.41) is 7.53. The number of ether oxygens (including phenoxy) is 1. The van der Waals surface area contributed by atoms with Crippen LogP contribution in [0.4, 0.5) is 5.00 Å². The molecule has 2 aromatic rings. The van der Waals surface area contributed by atoms with Crippen LogP contribution >= 0.6 is 27.3 Å². The molecule has 0 radical (unpaired) electrons. The lowest BCUT2D eigenvalue weighted by Crippen LogP contribution is -2.38. The van der Waals surface area contributed by atoms with Gasteiger partial charge in [0.2, 0.25) is 0 Å². The first kappa shape index (κ1) is 15.9. The van der Waals surface area contributed by atoms with Gasteiger partial charge in [-0.1, -0.05) is 15.9 Å². The van der Waals surface area contributed by atoms with E-state index in [-0.39, 0.29) is 12.1 Å². The molecule has 0 bridgehead atoms. The highest BCUT2D eigenvalue weighted by atomic mass is 79.9. The average molecular weight is 408 g/mol. The highest BCUT2D eigenvalue weighted by molar-refractivity contribution is 9.10. The van der Waals surface area contributed by atoms with Crippen molar-refractivity contribution in [1.29, 1.82) is 0 Å². The standard InChI is InChI=1S/C17H18BrN3O2S/c1-21-6-5-10-13(8-21)24-17-14(10)16(22)19-15(20-17)11-7-9(18)3-4-12(11)23-2/h3-4,7,15,20H,5-6,8H2,1-2H3,(H,19,22)/t15-/m0/s1. The number of halogens is 1. The van der Waals surface area contributed by atoms with E-state index in [1.807, 2.05) is 18.2 Å². The van der Waals surface area contributed by atoms with Crippen LogP contribution in [-0.4, -0.2) is 31.5 Å². The lowest BCUT2D eigenvalue weighted by Gasteiger charge is -2.28. The Balaban J connectivity index is 1.73. The van der Waals surface area contributed by atoms with Gasteiger partial charge in [-0.2, -0.15) is 0 Å². The summed E-state index contributed by atoms with van der Waals surface area (Å²) in [6, 6.07) is 5.80. The van der Waals surface area contributed by atoms with Crippen molar-refractivity contribution in [2.75, 3.05) is 26.0 Å². The Kier molecular flexibility index (Phi) is 4.02. The van der Waals surface area contributed by atoms with Crippen molar-refractivity contribution in [1.82, 2.24) is 10.2 Å². The van der Waals surface area contributed by atoms with Crippen LogP contribution < -0.4 is 15.4 Å². The normalized spacial score (nSPS) is 20.0. The SMILES string of the molecule is COc1ccc(Br)cc1[C@H]1NC(=O)c2c(sc3c2CCN(C)C3)N1. The molecule has 126 valence electrons. The maximum absolute atomic E-state index is 12.8. The number of nitrogens with one attached hydrogen (secondary N) is 2. The predicted molar refractivity (Wildman–Crippen MR) is 98.9 cm³/mol. The van der Waals surface area contributed by atoms with Crippen molar-refractivity contribution in [2.24, 2.45) is 0 Å². The van der Waals surface area contributed by atoms with E-state index >= 15 is 0 Å². The molecule has 7 heteroatoms. The Hall–Kier alpha value is -1.57. The quantitative estimate of drug-likeness (QED) is 0.801. The molecule has 0 spiro atoms. The first-order chi connectivity index (χ1) is 11.6. The summed E-state index contributed by atoms with van der Waals surface area (Å²) in [6.07, 6.45) is 0.632. The molecule has 1 aromatic carbocycles. The van der Waals surface area contributed by atoms with E-state index in [9.17, 15) is 4.79 Å². The number of thiophene rings is 1. The van der Waals surface area contributed by atoms with Crippen LogP contribution in [0.2, 0.25) is 0 Å². The van der Waals surface area contributed by atoms with E-state index in [1.54, 1.807) is 18.4 Å². The number of fused-ring (bicyclic) bond motifs is 3. The smallest absolute Gasteiger partial charge is 0.256 e. The number of carbonyl (C=O) groups is 1. The second kappa shape index (κ2) is 6.06. The number of carbonyl (C=O) groups excluding carboxylic acids is 1. The van der Waals surface area contributed by atoms with Gasteiger partial charge in [0.25, 0.3) is 5.91 Å². The summed E-state index contributed by atoms with van der Waals surface area (Å²) in [6.45, 7) is 1.90. The fraction of sp³-hybridized carbons (Fsp3) is 0.353. The largest absolute Gasteiger partial charge is 0.496 e. The van der Waals surface area contributed by atoms with Gasteiger partial charge in [-0.25, -0.2) is 0 Å². The Bertz CT molecular complexity index is 820. The first-order valence-electron chi connectivity index (χ1n) is 7.80. The maximum atomic E-state index is 12.8. The van der Waals surface area contributed by atoms with Crippen molar-refractivity contribution in [3.63, 3.8) is 0 Å². The van der Waals surface area contributed by atoms with Gasteiger partial charge in [0.15, 0.2) is 0 Å². The van der Waals surface area contributed by atoms with Crippen molar-refractivity contribution in [2.45, 2.75) is 19.1 Å². The molecule has 0 aliphatic carbocycles. The van der Waals surface area contributed by atoms with Crippen LogP contribution in [0.3, 0.4) is 0 Å². The molecule has 0 unspecified atom stereocenters. The van der Waals surface area contributed by atoms with Crippen molar-refractivity contribution in [3.8, 4) is 5.75 Å². The minimum atomic E-state index is -0.296. The number of amides is 1. The molecule has 1 amide bonds. The zero-order valence-corrected chi connectivity index (χ0v) is 15.9. The van der Waals surface area contributed by atoms with Gasteiger partial charge in [0.1, 0.15) is 16.9 Å². The van der Waals surface area contributed by atoms with Gasteiger partial charge in [0, 0.05) is 28.0 Å². The third-order valence-electron chi connectivity index (χ3n) is 4.53. The van der Waals surface area contributed by atoms with E-state index in [1.165, 1.54) is 10.4 Å². The molecule has 5 nitrogen and oxygen atoms in total. The van der Waals surface area contributed by atoms with Crippen LogP contribution in [0.1, 0.15) is 32.5 Å². The van der Waals surface area contributed by atoms with Crippen LogP contribution in [0.15, 0.2) is 22.7 Å². The van der Waals surface area contributed by atoms with E-state index in [0.717, 1.165) is 45.9 Å². The highest BCUT2D eigenvalue weighted by Crippen LogP contribution is 2.41. The maximum Gasteiger partial charge on any atom is 0.256 e. The second-order valence-corrected chi connectivity index (χ2v) is 8.15. The fourth-order valence-electron chi connectivity index (χ4n) is 3.33. The number of methoxy groups -OCH3 is 1. The van der Waals surface area contributed by atoms with Gasteiger partial charge in [-0.15, -0.1) is 11.3 Å². The zero-order chi connectivity index (χ0) is 16.8. The number of nitrogens with zero attached hydrogens (tertiary/aromatic N) is 1. The number of rotatable bonds is 2. The molecule has 0 fully saturated rings. The van der Waals surface area contributed by atoms with Crippen LogP contribution in [0, 0.1) is 0 Å². The second-order valence-electron chi connectivity index (χ2n) is 6.13. The predicted octanol–water partition coefficient (Wildman–Crippen LogP) is 3.36. The van der Waals surface area contributed by atoms with Crippen molar-refractivity contribution >= 4 is 38.2 Å². The summed E-state index contributed by atoms with van der Waals surface area (Å²) >= 11 is 5.19. The lowest BCUT2D eigenvalue weighted by atomic mass is 10.0. The summed E-state index contributed by atoms with van der Waals surface area (Å²) in [4.78, 5) is 16.3. The van der Waals surface area contributed by atoms with E-state index in [0.29, 0.717) is 0 Å². The molecule has 3 heterocycles. The zero-order valence-electron chi connectivity index (χ0n) is 13.5. The molecule has 2 aliphatic rings. The Morgan fingerprint density at radius 2 is 2.21 bits per heavy atom. The minimum absolute atomic E-state index is 0.00201. The molecule has 2 aliphatic heterocycles. The Morgan fingerprint density at radius 1 is 1.38 bits per heavy atom. The van der Waals surface area contributed by atoms with Crippen molar-refractivity contribution < 1.29 is 9.53 Å².